The lowest BCUT2D eigenvalue weighted by atomic mass is 9.12. The Hall–Kier alpha value is -7.68. The summed E-state index contributed by atoms with van der Waals surface area (Å²) in [5, 5.41) is 3.64. The second kappa shape index (κ2) is 21.3. The number of ketones is 1. The molecule has 75 heavy (non-hydrogen) atoms. The fourth-order valence-corrected chi connectivity index (χ4v) is 12.8. The van der Waals surface area contributed by atoms with Gasteiger partial charge in [-0.05, 0) is 60.7 Å². The molecule has 0 aliphatic heterocycles. The number of ether oxygens (including phenoxy) is 1. The Labute approximate surface area is 409 Å². The lowest BCUT2D eigenvalue weighted by Crippen LogP contribution is -2.81. The first-order chi connectivity index (χ1) is 35.4. The second-order valence-electron chi connectivity index (χ2n) is 15.9. The van der Waals surface area contributed by atoms with E-state index in [1.54, 1.807) is 7.11 Å². The average Bonchev–Trinajstić information content (AvgIpc) is 3.43. The number of halogens is 20. The third-order valence-electron chi connectivity index (χ3n) is 12.1. The van der Waals surface area contributed by atoms with E-state index in [0.717, 1.165) is 5.75 Å². The van der Waals surface area contributed by atoms with Crippen molar-refractivity contribution in [2.75, 3.05) is 13.3 Å². The van der Waals surface area contributed by atoms with E-state index in [0.29, 0.717) is 11.7 Å². The Morgan fingerprint density at radius 1 is 0.333 bits per heavy atom. The van der Waals surface area contributed by atoms with E-state index < -0.39 is 152 Å². The van der Waals surface area contributed by atoms with Crippen molar-refractivity contribution in [2.45, 2.75) is 0 Å². The van der Waals surface area contributed by atoms with Crippen LogP contribution in [-0.4, -0.2) is 25.2 Å². The molecule has 8 aromatic carbocycles. The summed E-state index contributed by atoms with van der Waals surface area (Å²) in [6.07, 6.45) is -6.78. The molecule has 24 heteroatoms. The predicted molar refractivity (Wildman–Crippen MR) is 237 cm³/mol. The molecule has 8 rings (SSSR count). The molecule has 0 aliphatic carbocycles. The van der Waals surface area contributed by atoms with Gasteiger partial charge in [0.1, 0.15) is 87.8 Å². The molecule has 0 saturated carbocycles. The Kier molecular flexibility index (Phi) is 15.6. The zero-order valence-corrected chi connectivity index (χ0v) is 38.0. The summed E-state index contributed by atoms with van der Waals surface area (Å²) in [5.74, 6) is -70.5. The summed E-state index contributed by atoms with van der Waals surface area (Å²) in [4.78, 5) is 13.6. The maximum atomic E-state index is 15.4. The van der Waals surface area contributed by atoms with Crippen molar-refractivity contribution in [3.05, 3.63) is 237 Å². The van der Waals surface area contributed by atoms with Crippen LogP contribution in [0.4, 0.5) is 87.8 Å². The molecule has 388 valence electrons. The van der Waals surface area contributed by atoms with Crippen LogP contribution in [0.15, 0.2) is 115 Å². The highest BCUT2D eigenvalue weighted by Gasteiger charge is 2.53. The highest BCUT2D eigenvalue weighted by Crippen LogP contribution is 2.55. The summed E-state index contributed by atoms with van der Waals surface area (Å²) in [7, 11) is -0.542. The van der Waals surface area contributed by atoms with Crippen LogP contribution in [-0.2, 0) is 0 Å². The van der Waals surface area contributed by atoms with Gasteiger partial charge in [0.15, 0.2) is 69.8 Å². The van der Waals surface area contributed by atoms with Gasteiger partial charge in [0, 0.05) is 5.56 Å². The molecule has 0 heterocycles. The molecule has 0 atom stereocenters. The number of carbonyl (C=O) groups excluding carboxylic acids is 1. The molecule has 0 fully saturated rings. The molecular formula is C51H24BF20O2P. The maximum Gasteiger partial charge on any atom is 0.201 e. The predicted octanol–water partition coefficient (Wildman–Crippen LogP) is 10.7. The van der Waals surface area contributed by atoms with Crippen LogP contribution in [0.5, 0.6) is 5.75 Å². The Bertz CT molecular complexity index is 3040. The highest BCUT2D eigenvalue weighted by atomic mass is 31.2. The zero-order valence-electron chi connectivity index (χ0n) is 37.1. The number of Topliss-reactive ketones (excluding diaryl/α,β-unsaturated/α-hetero) is 1. The van der Waals surface area contributed by atoms with Gasteiger partial charge in [-0.15, -0.1) is 21.9 Å². The molecule has 0 saturated heterocycles. The van der Waals surface area contributed by atoms with Crippen molar-refractivity contribution in [1.82, 2.24) is 0 Å². The van der Waals surface area contributed by atoms with E-state index in [-0.39, 0.29) is 5.78 Å². The van der Waals surface area contributed by atoms with Gasteiger partial charge in [-0.2, -0.15) is 0 Å². The van der Waals surface area contributed by atoms with Crippen LogP contribution in [0, 0.1) is 116 Å². The fourth-order valence-electron chi connectivity index (χ4n) is 8.73. The summed E-state index contributed by atoms with van der Waals surface area (Å²) >= 11 is 0. The van der Waals surface area contributed by atoms with Crippen LogP contribution in [0.1, 0.15) is 10.4 Å². The van der Waals surface area contributed by atoms with E-state index in [1.807, 2.05) is 42.5 Å². The van der Waals surface area contributed by atoms with E-state index in [2.05, 4.69) is 72.8 Å². The molecule has 0 aromatic heterocycles. The van der Waals surface area contributed by atoms with Crippen molar-refractivity contribution in [3.63, 3.8) is 0 Å². The molecular weight excluding hydrogens is 1070 g/mol. The minimum absolute atomic E-state index is 0.141. The van der Waals surface area contributed by atoms with Gasteiger partial charge in [-0.3, -0.25) is 4.79 Å². The molecule has 0 unspecified atom stereocenters. The third kappa shape index (κ3) is 8.93. The first kappa shape index (κ1) is 55.1. The van der Waals surface area contributed by atoms with Crippen LogP contribution in [0.25, 0.3) is 0 Å². The van der Waals surface area contributed by atoms with Gasteiger partial charge in [0.2, 0.25) is 5.78 Å². The summed E-state index contributed by atoms with van der Waals surface area (Å²) in [5.41, 5.74) is -13.6. The topological polar surface area (TPSA) is 26.3 Å². The SMILES string of the molecule is COc1ccc(C(=O)C[P+](c2ccccc2)(c2ccccc2)c2ccccc2)cc1.Fc1c(F)c(F)c([B-](c2c(F)c(F)c(F)c(F)c2F)(c2c(F)c(F)c(F)c(F)c2F)c2c(F)c(F)c(F)c(F)c2F)c(F)c1F. The lowest BCUT2D eigenvalue weighted by Gasteiger charge is -2.44. The van der Waals surface area contributed by atoms with E-state index >= 15 is 35.1 Å². The normalized spacial score (nSPS) is 11.6. The highest BCUT2D eigenvalue weighted by molar-refractivity contribution is 7.96. The second-order valence-corrected chi connectivity index (χ2v) is 19.4. The van der Waals surface area contributed by atoms with Crippen molar-refractivity contribution < 1.29 is 97.3 Å². The molecule has 0 spiro atoms. The van der Waals surface area contributed by atoms with Gasteiger partial charge in [0.25, 0.3) is 0 Å². The third-order valence-corrected chi connectivity index (χ3v) is 16.4. The summed E-state index contributed by atoms with van der Waals surface area (Å²) < 4.78 is 299. The molecule has 8 aromatic rings. The number of rotatable bonds is 11. The van der Waals surface area contributed by atoms with Gasteiger partial charge in [-0.1, -0.05) is 54.6 Å². The van der Waals surface area contributed by atoms with Crippen molar-refractivity contribution in [2.24, 2.45) is 0 Å². The minimum Gasteiger partial charge on any atom is -0.497 e. The quantitative estimate of drug-likeness (QED) is 0.0322. The number of benzene rings is 8. The van der Waals surface area contributed by atoms with E-state index in [4.69, 9.17) is 4.74 Å². The van der Waals surface area contributed by atoms with Crippen LogP contribution >= 0.6 is 7.26 Å². The molecule has 0 radical (unpaired) electrons. The lowest BCUT2D eigenvalue weighted by molar-refractivity contribution is 0.102. The summed E-state index contributed by atoms with van der Waals surface area (Å²) in [6.45, 7) is 0. The zero-order chi connectivity index (χ0) is 55.2. The van der Waals surface area contributed by atoms with Crippen LogP contribution in [0.3, 0.4) is 0 Å². The molecule has 0 aliphatic rings. The Balaban J connectivity index is 0.000000236. The molecule has 0 amide bonds. The summed E-state index contributed by atoms with van der Waals surface area (Å²) in [6, 6.07) is 38.8. The average molecular weight is 1090 g/mol. The number of methoxy groups -OCH3 is 1. The largest absolute Gasteiger partial charge is 0.497 e. The molecule has 0 bridgehead atoms. The van der Waals surface area contributed by atoms with Gasteiger partial charge >= 0.3 is 0 Å². The first-order valence-electron chi connectivity index (χ1n) is 20.9. The van der Waals surface area contributed by atoms with Gasteiger partial charge in [0.05, 0.1) is 7.11 Å². The standard InChI is InChI=1S/C27H24O2P.C24BF20/c1-29-23-19-17-22(18-20-23)27(28)21-30(24-11-5-2-6-12-24,25-13-7-3-8-14-25)26-15-9-4-10-16-26;26-5-1(6(27)14(35)21(42)13(5)34)25(2-7(28)15(36)22(43)16(37)8(2)29,3-9(30)17(38)23(44)18(39)10(3)31)4-11(32)19(40)24(45)20(41)12(4)33/h2-20H,21H2,1H3;/q+1;-1. The number of hydrogen-bond acceptors (Lipinski definition) is 2. The fraction of sp³-hybridized carbons (Fsp3) is 0.0392. The Morgan fingerprint density at radius 2 is 0.547 bits per heavy atom. The molecule has 0 N–H and O–H groups in total. The van der Waals surface area contributed by atoms with Gasteiger partial charge < -0.3 is 4.74 Å². The smallest absolute Gasteiger partial charge is 0.201 e. The maximum absolute atomic E-state index is 15.4. The van der Waals surface area contributed by atoms with Crippen LogP contribution < -0.4 is 42.5 Å². The Morgan fingerprint density at radius 3 is 0.760 bits per heavy atom. The van der Waals surface area contributed by atoms with Crippen molar-refractivity contribution in [3.8, 4) is 5.75 Å². The van der Waals surface area contributed by atoms with Crippen molar-refractivity contribution >= 4 is 57.0 Å². The molecule has 2 nitrogen and oxygen atoms in total. The number of carbonyl (C=O) groups is 1. The number of hydrogen-bond donors (Lipinski definition) is 0. The monoisotopic (exact) mass is 1090 g/mol. The van der Waals surface area contributed by atoms with E-state index in [9.17, 15) is 57.5 Å². The van der Waals surface area contributed by atoms with Crippen molar-refractivity contribution in [1.29, 1.82) is 0 Å². The van der Waals surface area contributed by atoms with Gasteiger partial charge in [-0.25, -0.2) is 87.8 Å². The van der Waals surface area contributed by atoms with E-state index in [1.165, 1.54) is 15.9 Å². The first-order valence-corrected chi connectivity index (χ1v) is 22.9. The minimum atomic E-state index is -7.22. The van der Waals surface area contributed by atoms with Crippen LogP contribution in [0.2, 0.25) is 0 Å².